The summed E-state index contributed by atoms with van der Waals surface area (Å²) in [5.41, 5.74) is 1.10. The average molecular weight is 335 g/mol. The lowest BCUT2D eigenvalue weighted by atomic mass is 10.1. The van der Waals surface area contributed by atoms with E-state index in [1.807, 2.05) is 0 Å². The summed E-state index contributed by atoms with van der Waals surface area (Å²) in [6.07, 6.45) is 2.23. The summed E-state index contributed by atoms with van der Waals surface area (Å²) in [4.78, 5) is 41.3. The van der Waals surface area contributed by atoms with E-state index in [4.69, 9.17) is 4.74 Å². The lowest BCUT2D eigenvalue weighted by Crippen LogP contribution is -2.35. The Labute approximate surface area is 142 Å². The van der Waals surface area contributed by atoms with E-state index in [9.17, 15) is 14.4 Å². The molecule has 1 N–H and O–H groups in total. The Bertz CT molecular complexity index is 576. The maximum atomic E-state index is 12.2. The summed E-state index contributed by atoms with van der Waals surface area (Å²) >= 11 is 0. The Morgan fingerprint density at radius 2 is 1.92 bits per heavy atom. The van der Waals surface area contributed by atoms with E-state index >= 15 is 0 Å². The zero-order valence-corrected chi connectivity index (χ0v) is 14.7. The summed E-state index contributed by atoms with van der Waals surface area (Å²) in [5.74, 6) is -1.52. The van der Waals surface area contributed by atoms with Crippen LogP contribution in [0.3, 0.4) is 0 Å². The van der Waals surface area contributed by atoms with E-state index in [2.05, 4.69) is 23.5 Å². The van der Waals surface area contributed by atoms with E-state index in [0.29, 0.717) is 17.9 Å². The largest absolute Gasteiger partial charge is 0.383 e. The van der Waals surface area contributed by atoms with Gasteiger partial charge in [0.15, 0.2) is 5.78 Å². The molecule has 132 valence electrons. The number of methoxy groups -OCH3 is 1. The molecule has 0 heterocycles. The molecular formula is C17H25N3O4. The predicted molar refractivity (Wildman–Crippen MR) is 93.7 cm³/mol. The summed E-state index contributed by atoms with van der Waals surface area (Å²) in [5, 5.41) is 2.55. The third-order valence-corrected chi connectivity index (χ3v) is 3.06. The number of nitrogens with one attached hydrogen (secondary N) is 1. The quantitative estimate of drug-likeness (QED) is 0.211. The van der Waals surface area contributed by atoms with Crippen molar-refractivity contribution in [2.45, 2.75) is 13.8 Å². The molecule has 2 amide bonds. The van der Waals surface area contributed by atoms with Crippen LogP contribution in [-0.4, -0.2) is 62.1 Å². The lowest BCUT2D eigenvalue weighted by Gasteiger charge is -2.19. The van der Waals surface area contributed by atoms with E-state index in [-0.39, 0.29) is 24.6 Å². The first kappa shape index (κ1) is 21.5. The van der Waals surface area contributed by atoms with Crippen molar-refractivity contribution < 1.29 is 19.1 Å². The van der Waals surface area contributed by atoms with Crippen molar-refractivity contribution in [2.24, 2.45) is 4.99 Å². The molecule has 0 aliphatic carbocycles. The van der Waals surface area contributed by atoms with Gasteiger partial charge in [-0.25, -0.2) is 0 Å². The highest BCUT2D eigenvalue weighted by Gasteiger charge is 2.19. The van der Waals surface area contributed by atoms with Crippen molar-refractivity contribution in [3.63, 3.8) is 0 Å². The zero-order valence-electron chi connectivity index (χ0n) is 14.7. The molecule has 0 saturated heterocycles. The second-order valence-electron chi connectivity index (χ2n) is 4.96. The van der Waals surface area contributed by atoms with Crippen LogP contribution in [0.5, 0.6) is 0 Å². The molecule has 0 aliphatic rings. The first-order valence-corrected chi connectivity index (χ1v) is 7.32. The second kappa shape index (κ2) is 11.1. The van der Waals surface area contributed by atoms with Gasteiger partial charge in [-0.15, -0.1) is 0 Å². The fourth-order valence-corrected chi connectivity index (χ4v) is 1.67. The minimum Gasteiger partial charge on any atom is -0.383 e. The van der Waals surface area contributed by atoms with Gasteiger partial charge >= 0.3 is 0 Å². The lowest BCUT2D eigenvalue weighted by molar-refractivity contribution is -0.125. The van der Waals surface area contributed by atoms with Gasteiger partial charge in [-0.1, -0.05) is 13.2 Å². The number of amides is 2. The van der Waals surface area contributed by atoms with Crippen molar-refractivity contribution >= 4 is 23.3 Å². The molecule has 0 aromatic heterocycles. The molecule has 0 aliphatic heterocycles. The number of hydrogen-bond acceptors (Lipinski definition) is 5. The molecular weight excluding hydrogens is 310 g/mol. The maximum absolute atomic E-state index is 12.2. The van der Waals surface area contributed by atoms with Crippen LogP contribution in [0.25, 0.3) is 0 Å². The van der Waals surface area contributed by atoms with Crippen LogP contribution in [0.1, 0.15) is 13.8 Å². The summed E-state index contributed by atoms with van der Waals surface area (Å²) < 4.78 is 4.84. The van der Waals surface area contributed by atoms with Crippen molar-refractivity contribution in [1.82, 2.24) is 10.2 Å². The normalized spacial score (nSPS) is 11.7. The van der Waals surface area contributed by atoms with Crippen molar-refractivity contribution in [3.05, 3.63) is 36.6 Å². The van der Waals surface area contributed by atoms with Gasteiger partial charge in [0, 0.05) is 33.8 Å². The Hall–Kier alpha value is -2.54. The minimum atomic E-state index is -0.603. The number of hydrogen-bond donors (Lipinski definition) is 1. The van der Waals surface area contributed by atoms with Gasteiger partial charge in [0.05, 0.1) is 18.9 Å². The molecule has 0 bridgehead atoms. The summed E-state index contributed by atoms with van der Waals surface area (Å²) in [7, 11) is 3.08. The number of carbonyl (C=O) groups excluding carboxylic acids is 3. The van der Waals surface area contributed by atoms with E-state index in [1.54, 1.807) is 14.0 Å². The van der Waals surface area contributed by atoms with Gasteiger partial charge in [0.1, 0.15) is 5.57 Å². The molecule has 0 spiro atoms. The van der Waals surface area contributed by atoms with Gasteiger partial charge in [0.25, 0.3) is 5.91 Å². The zero-order chi connectivity index (χ0) is 18.7. The SMILES string of the molecule is C=CC(=O)/C(=C\N(C/C(=N/C)C(=C)C)C(C)=O)C(=O)NCCOC. The third-order valence-electron chi connectivity index (χ3n) is 3.06. The van der Waals surface area contributed by atoms with Crippen molar-refractivity contribution in [1.29, 1.82) is 0 Å². The summed E-state index contributed by atoms with van der Waals surface area (Å²) in [6.45, 7) is 10.9. The Balaban J connectivity index is 5.55. The van der Waals surface area contributed by atoms with Crippen LogP contribution in [0.4, 0.5) is 0 Å². The first-order chi connectivity index (χ1) is 11.3. The van der Waals surface area contributed by atoms with E-state index in [0.717, 1.165) is 6.08 Å². The Kier molecular flexibility index (Phi) is 9.90. The van der Waals surface area contributed by atoms with E-state index < -0.39 is 11.7 Å². The second-order valence-corrected chi connectivity index (χ2v) is 4.96. The monoisotopic (exact) mass is 335 g/mol. The van der Waals surface area contributed by atoms with Crippen LogP contribution >= 0.6 is 0 Å². The number of ketones is 1. The van der Waals surface area contributed by atoms with Crippen LogP contribution in [0.2, 0.25) is 0 Å². The molecule has 0 aromatic carbocycles. The highest BCUT2D eigenvalue weighted by atomic mass is 16.5. The van der Waals surface area contributed by atoms with Crippen LogP contribution in [0.15, 0.2) is 41.6 Å². The molecule has 7 nitrogen and oxygen atoms in total. The van der Waals surface area contributed by atoms with Crippen LogP contribution in [-0.2, 0) is 19.1 Å². The highest BCUT2D eigenvalue weighted by Crippen LogP contribution is 2.06. The van der Waals surface area contributed by atoms with Crippen molar-refractivity contribution in [3.8, 4) is 0 Å². The van der Waals surface area contributed by atoms with Crippen LogP contribution in [0, 0.1) is 0 Å². The molecule has 24 heavy (non-hydrogen) atoms. The number of aliphatic imine (C=N–C) groups is 1. The maximum Gasteiger partial charge on any atom is 0.256 e. The van der Waals surface area contributed by atoms with Gasteiger partial charge in [0.2, 0.25) is 5.91 Å². The highest BCUT2D eigenvalue weighted by molar-refractivity contribution is 6.23. The number of ether oxygens (including phenoxy) is 1. The number of nitrogens with zero attached hydrogens (tertiary/aromatic N) is 2. The average Bonchev–Trinajstić information content (AvgIpc) is 2.53. The molecule has 0 saturated carbocycles. The van der Waals surface area contributed by atoms with Crippen molar-refractivity contribution in [2.75, 3.05) is 33.9 Å². The first-order valence-electron chi connectivity index (χ1n) is 7.32. The smallest absolute Gasteiger partial charge is 0.256 e. The van der Waals surface area contributed by atoms with Gasteiger partial charge < -0.3 is 15.0 Å². The summed E-state index contributed by atoms with van der Waals surface area (Å²) in [6, 6.07) is 0. The topological polar surface area (TPSA) is 88.1 Å². The Morgan fingerprint density at radius 3 is 2.33 bits per heavy atom. The molecule has 0 atom stereocenters. The third kappa shape index (κ3) is 7.15. The predicted octanol–water partition coefficient (Wildman–Crippen LogP) is 0.883. The molecule has 7 heteroatoms. The Morgan fingerprint density at radius 1 is 1.29 bits per heavy atom. The number of carbonyl (C=O) groups is 3. The van der Waals surface area contributed by atoms with Gasteiger partial charge in [-0.2, -0.15) is 0 Å². The van der Waals surface area contributed by atoms with Gasteiger partial charge in [-0.3, -0.25) is 19.4 Å². The van der Waals surface area contributed by atoms with E-state index in [1.165, 1.54) is 25.1 Å². The van der Waals surface area contributed by atoms with Gasteiger partial charge in [-0.05, 0) is 18.6 Å². The molecule has 0 rings (SSSR count). The number of rotatable bonds is 10. The minimum absolute atomic E-state index is 0.112. The molecule has 0 unspecified atom stereocenters. The standard InChI is InChI=1S/C17H25N3O4/c1-7-16(22)14(17(23)19-8-9-24-6)10-20(13(4)21)11-15(18-5)12(2)3/h7,10H,1-2,8-9,11H2,3-6H3,(H,19,23)/b14-10+,18-15-. The fraction of sp³-hybridized carbons (Fsp3) is 0.412. The number of allylic oxidation sites excluding steroid dienone is 1. The van der Waals surface area contributed by atoms with Crippen LogP contribution < -0.4 is 5.32 Å². The fourth-order valence-electron chi connectivity index (χ4n) is 1.67. The molecule has 0 radical (unpaired) electrons. The molecule has 0 fully saturated rings. The molecule has 0 aromatic rings.